The van der Waals surface area contributed by atoms with Crippen molar-refractivity contribution in [3.63, 3.8) is 0 Å². The van der Waals surface area contributed by atoms with Crippen molar-refractivity contribution >= 4 is 29.1 Å². The molecule has 0 radical (unpaired) electrons. The summed E-state index contributed by atoms with van der Waals surface area (Å²) in [5.41, 5.74) is 3.04. The van der Waals surface area contributed by atoms with Gasteiger partial charge in [0, 0.05) is 22.6 Å². The first-order chi connectivity index (χ1) is 14.3. The molecule has 1 amide bonds. The van der Waals surface area contributed by atoms with Crippen LogP contribution in [-0.2, 0) is 4.79 Å². The summed E-state index contributed by atoms with van der Waals surface area (Å²) in [6.07, 6.45) is -0.0212. The zero-order chi connectivity index (χ0) is 21.6. The molecule has 0 spiro atoms. The third-order valence-electron chi connectivity index (χ3n) is 5.32. The van der Waals surface area contributed by atoms with E-state index in [1.165, 1.54) is 25.3 Å². The van der Waals surface area contributed by atoms with Gasteiger partial charge in [-0.3, -0.25) is 9.59 Å². The van der Waals surface area contributed by atoms with Gasteiger partial charge in [-0.05, 0) is 49.7 Å². The number of Topliss-reactive ketones (excluding diaryl/α,β-unsaturated/α-hetero) is 1. The number of halogens is 2. The number of aryl methyl sites for hydroxylation is 1. The maximum absolute atomic E-state index is 13.8. The van der Waals surface area contributed by atoms with Crippen molar-refractivity contribution in [2.45, 2.75) is 26.2 Å². The third-order valence-corrected chi connectivity index (χ3v) is 5.73. The first kappa shape index (κ1) is 20.1. The molecule has 6 nitrogen and oxygen atoms in total. The number of carbonyl (C=O) groups is 2. The summed E-state index contributed by atoms with van der Waals surface area (Å²) < 4.78 is 20.4. The maximum atomic E-state index is 13.8. The van der Waals surface area contributed by atoms with Gasteiger partial charge in [0.15, 0.2) is 17.3 Å². The highest BCUT2D eigenvalue weighted by Gasteiger charge is 2.36. The lowest BCUT2D eigenvalue weighted by Gasteiger charge is -2.23. The number of benzene rings is 2. The summed E-state index contributed by atoms with van der Waals surface area (Å²) in [5.74, 6) is -1.47. The zero-order valence-electron chi connectivity index (χ0n) is 16.6. The first-order valence-electron chi connectivity index (χ1n) is 9.34. The van der Waals surface area contributed by atoms with Gasteiger partial charge in [0.05, 0.1) is 24.4 Å². The summed E-state index contributed by atoms with van der Waals surface area (Å²) in [7, 11) is 1.33. The fraction of sp³-hybridized carbons (Fsp3) is 0.227. The number of hydrogen-bond acceptors (Lipinski definition) is 4. The number of anilines is 1. The van der Waals surface area contributed by atoms with Crippen LogP contribution in [0.1, 0.15) is 39.5 Å². The van der Waals surface area contributed by atoms with Crippen molar-refractivity contribution in [2.75, 3.05) is 12.4 Å². The summed E-state index contributed by atoms with van der Waals surface area (Å²) in [5, 5.41) is 8.00. The van der Waals surface area contributed by atoms with Crippen LogP contribution in [0.3, 0.4) is 0 Å². The number of amides is 1. The Kier molecular flexibility index (Phi) is 5.07. The number of nitrogens with one attached hydrogen (secondary N) is 1. The number of ether oxygens (including phenoxy) is 1. The predicted octanol–water partition coefficient (Wildman–Crippen LogP) is 4.60. The van der Waals surface area contributed by atoms with Crippen LogP contribution in [0, 0.1) is 19.7 Å². The highest BCUT2D eigenvalue weighted by molar-refractivity contribution is 6.31. The molecule has 0 fully saturated rings. The van der Waals surface area contributed by atoms with Gasteiger partial charge < -0.3 is 10.1 Å². The minimum atomic E-state index is -0.739. The summed E-state index contributed by atoms with van der Waals surface area (Å²) in [4.78, 5) is 25.8. The Morgan fingerprint density at radius 3 is 2.80 bits per heavy atom. The molecule has 154 valence electrons. The quantitative estimate of drug-likeness (QED) is 0.617. The van der Waals surface area contributed by atoms with Gasteiger partial charge in [0.2, 0.25) is 5.91 Å². The fourth-order valence-corrected chi connectivity index (χ4v) is 3.95. The van der Waals surface area contributed by atoms with E-state index in [0.717, 1.165) is 5.56 Å². The Balaban J connectivity index is 1.83. The molecule has 0 aliphatic carbocycles. The van der Waals surface area contributed by atoms with E-state index in [0.29, 0.717) is 27.8 Å². The molecule has 0 bridgehead atoms. The minimum Gasteiger partial charge on any atom is -0.494 e. The second kappa shape index (κ2) is 7.57. The van der Waals surface area contributed by atoms with Crippen LogP contribution in [-0.4, -0.2) is 28.6 Å². The average molecular weight is 428 g/mol. The van der Waals surface area contributed by atoms with Crippen LogP contribution in [0.4, 0.5) is 10.2 Å². The standard InChI is InChI=1S/C22H19ClFN3O3/c1-11-15(23)5-4-6-17(11)27-22-20(12(2)26-27)14(10-19(28)25-22)21(29)13-7-8-16(24)18(9-13)30-3/h4-9,14H,10H2,1-3H3,(H,25,28). The zero-order valence-corrected chi connectivity index (χ0v) is 17.4. The van der Waals surface area contributed by atoms with Crippen molar-refractivity contribution in [2.24, 2.45) is 0 Å². The average Bonchev–Trinajstić information content (AvgIpc) is 3.05. The number of ketones is 1. The molecule has 4 rings (SSSR count). The topological polar surface area (TPSA) is 73.2 Å². The Hall–Kier alpha value is -3.19. The highest BCUT2D eigenvalue weighted by Crippen LogP contribution is 2.39. The molecule has 1 aromatic heterocycles. The van der Waals surface area contributed by atoms with E-state index in [1.54, 1.807) is 23.7 Å². The minimum absolute atomic E-state index is 0.0212. The van der Waals surface area contributed by atoms with Crippen molar-refractivity contribution in [1.29, 1.82) is 0 Å². The van der Waals surface area contributed by atoms with Gasteiger partial charge in [-0.15, -0.1) is 0 Å². The molecule has 8 heteroatoms. The smallest absolute Gasteiger partial charge is 0.226 e. The normalized spacial score (nSPS) is 15.5. The van der Waals surface area contributed by atoms with Crippen LogP contribution in [0.15, 0.2) is 36.4 Å². The van der Waals surface area contributed by atoms with Crippen LogP contribution in [0.5, 0.6) is 5.75 Å². The molecular weight excluding hydrogens is 409 g/mol. The number of fused-ring (bicyclic) bond motifs is 1. The molecule has 2 heterocycles. The molecule has 1 N–H and O–H groups in total. The number of methoxy groups -OCH3 is 1. The van der Waals surface area contributed by atoms with Crippen molar-refractivity contribution in [1.82, 2.24) is 9.78 Å². The molecular formula is C22H19ClFN3O3. The van der Waals surface area contributed by atoms with Crippen LogP contribution < -0.4 is 10.1 Å². The van der Waals surface area contributed by atoms with Gasteiger partial charge in [0.25, 0.3) is 0 Å². The monoisotopic (exact) mass is 427 g/mol. The van der Waals surface area contributed by atoms with E-state index in [-0.39, 0.29) is 29.4 Å². The predicted molar refractivity (Wildman–Crippen MR) is 111 cm³/mol. The van der Waals surface area contributed by atoms with Crippen molar-refractivity contribution < 1.29 is 18.7 Å². The van der Waals surface area contributed by atoms with Gasteiger partial charge >= 0.3 is 0 Å². The highest BCUT2D eigenvalue weighted by atomic mass is 35.5. The van der Waals surface area contributed by atoms with Gasteiger partial charge in [-0.1, -0.05) is 17.7 Å². The molecule has 1 aliphatic rings. The number of hydrogen-bond donors (Lipinski definition) is 1. The van der Waals surface area contributed by atoms with E-state index >= 15 is 0 Å². The van der Waals surface area contributed by atoms with E-state index in [9.17, 15) is 14.0 Å². The first-order valence-corrected chi connectivity index (χ1v) is 9.72. The summed E-state index contributed by atoms with van der Waals surface area (Å²) in [6.45, 7) is 3.65. The third kappa shape index (κ3) is 3.25. The molecule has 1 atom stereocenters. The Bertz CT molecular complexity index is 1190. The van der Waals surface area contributed by atoms with Crippen molar-refractivity contribution in [3.8, 4) is 11.4 Å². The lowest BCUT2D eigenvalue weighted by molar-refractivity contribution is -0.116. The van der Waals surface area contributed by atoms with Gasteiger partial charge in [-0.25, -0.2) is 9.07 Å². The molecule has 1 aliphatic heterocycles. The number of rotatable bonds is 4. The molecule has 3 aromatic rings. The molecule has 1 unspecified atom stereocenters. The van der Waals surface area contributed by atoms with Crippen LogP contribution in [0.2, 0.25) is 5.02 Å². The molecule has 0 saturated carbocycles. The van der Waals surface area contributed by atoms with Crippen LogP contribution in [0.25, 0.3) is 5.69 Å². The van der Waals surface area contributed by atoms with Gasteiger partial charge in [0.1, 0.15) is 5.82 Å². The SMILES string of the molecule is COc1cc(C(=O)C2CC(=O)Nc3c2c(C)nn3-c2cccc(Cl)c2C)ccc1F. The number of carbonyl (C=O) groups excluding carboxylic acids is 2. The lowest BCUT2D eigenvalue weighted by atomic mass is 9.85. The number of nitrogens with zero attached hydrogens (tertiary/aromatic N) is 2. The van der Waals surface area contributed by atoms with Gasteiger partial charge in [-0.2, -0.15) is 5.10 Å². The summed E-state index contributed by atoms with van der Waals surface area (Å²) in [6, 6.07) is 9.35. The second-order valence-electron chi connectivity index (χ2n) is 7.16. The summed E-state index contributed by atoms with van der Waals surface area (Å²) >= 11 is 6.26. The molecule has 30 heavy (non-hydrogen) atoms. The van der Waals surface area contributed by atoms with E-state index in [4.69, 9.17) is 16.3 Å². The Morgan fingerprint density at radius 2 is 2.07 bits per heavy atom. The van der Waals surface area contributed by atoms with E-state index < -0.39 is 11.7 Å². The van der Waals surface area contributed by atoms with E-state index in [1.807, 2.05) is 13.0 Å². The fourth-order valence-electron chi connectivity index (χ4n) is 3.79. The maximum Gasteiger partial charge on any atom is 0.226 e. The largest absolute Gasteiger partial charge is 0.494 e. The Morgan fingerprint density at radius 1 is 1.30 bits per heavy atom. The molecule has 2 aromatic carbocycles. The Labute approximate surface area is 177 Å². The van der Waals surface area contributed by atoms with Crippen molar-refractivity contribution in [3.05, 3.63) is 69.6 Å². The second-order valence-corrected chi connectivity index (χ2v) is 7.57. The van der Waals surface area contributed by atoms with Crippen LogP contribution >= 0.6 is 11.6 Å². The molecule has 0 saturated heterocycles. The van der Waals surface area contributed by atoms with E-state index in [2.05, 4.69) is 10.4 Å². The number of aromatic nitrogens is 2. The lowest BCUT2D eigenvalue weighted by Crippen LogP contribution is -2.28.